The number of carbonyl (C=O) groups excluding carboxylic acids is 2. The van der Waals surface area contributed by atoms with Crippen LogP contribution in [-0.2, 0) is 9.53 Å². The number of hydrogen-bond acceptors (Lipinski definition) is 8. The number of piperidine rings is 1. The Morgan fingerprint density at radius 3 is 2.65 bits per heavy atom. The Kier molecular flexibility index (Phi) is 7.54. The lowest BCUT2D eigenvalue weighted by Crippen LogP contribution is -2.68. The molecule has 37 heavy (non-hydrogen) atoms. The number of carbonyl (C=O) groups is 2. The highest BCUT2D eigenvalue weighted by atomic mass is 19.1. The van der Waals surface area contributed by atoms with Gasteiger partial charge >= 0.3 is 0 Å². The van der Waals surface area contributed by atoms with E-state index >= 15 is 4.39 Å². The predicted molar refractivity (Wildman–Crippen MR) is 131 cm³/mol. The van der Waals surface area contributed by atoms with Gasteiger partial charge < -0.3 is 20.7 Å². The summed E-state index contributed by atoms with van der Waals surface area (Å²) in [5.41, 5.74) is 6.17. The molecule has 0 aliphatic carbocycles. The fourth-order valence-electron chi connectivity index (χ4n) is 5.51. The molecular weight excluding hydrogens is 486 g/mol. The number of amides is 2. The standard InChI is InChI=1S/C24H34F2N8O3/c1-2-3-4-31-11-17(26)20(32-5-7-33(8-6-32)24(36)15-13-37-14-15)18(12-31)29-23(35)19-21(27)30-34-10-16(25)9-28-22(19)34/h9-10,15,17-18,20H,2-8,11-14H2,1H3,(H2,27,30)(H,29,35). The molecular formula is C24H34F2N8O3. The number of nitrogen functional groups attached to an aromatic ring is 1. The van der Waals surface area contributed by atoms with Crippen LogP contribution >= 0.6 is 0 Å². The van der Waals surface area contributed by atoms with Gasteiger partial charge in [-0.25, -0.2) is 18.3 Å². The van der Waals surface area contributed by atoms with Crippen LogP contribution in [0.15, 0.2) is 12.4 Å². The smallest absolute Gasteiger partial charge is 0.259 e. The molecule has 2 aromatic rings. The molecule has 0 radical (unpaired) electrons. The van der Waals surface area contributed by atoms with Gasteiger partial charge in [0.15, 0.2) is 17.3 Å². The molecule has 3 atom stereocenters. The number of aromatic nitrogens is 3. The Hall–Kier alpha value is -2.90. The van der Waals surface area contributed by atoms with E-state index in [1.165, 1.54) is 0 Å². The average Bonchev–Trinajstić information content (AvgIpc) is 3.16. The largest absolute Gasteiger partial charge is 0.381 e. The second-order valence-corrected chi connectivity index (χ2v) is 10.1. The molecule has 2 aromatic heterocycles. The van der Waals surface area contributed by atoms with Gasteiger partial charge in [-0.3, -0.25) is 19.4 Å². The molecule has 5 heterocycles. The van der Waals surface area contributed by atoms with Crippen molar-refractivity contribution in [3.05, 3.63) is 23.8 Å². The van der Waals surface area contributed by atoms with Gasteiger partial charge in [0.1, 0.15) is 11.7 Å². The van der Waals surface area contributed by atoms with Gasteiger partial charge in [-0.15, -0.1) is 5.10 Å². The lowest BCUT2D eigenvalue weighted by molar-refractivity contribution is -0.152. The fraction of sp³-hybridized carbons (Fsp3) is 0.667. The number of nitrogens with zero attached hydrogens (tertiary/aromatic N) is 6. The third kappa shape index (κ3) is 5.25. The number of likely N-dealkylation sites (tertiary alicyclic amines) is 1. The maximum absolute atomic E-state index is 15.8. The van der Waals surface area contributed by atoms with E-state index < -0.39 is 30.0 Å². The molecule has 202 valence electrons. The Labute approximate surface area is 213 Å². The van der Waals surface area contributed by atoms with E-state index in [1.54, 1.807) is 0 Å². The molecule has 3 saturated heterocycles. The molecule has 0 bridgehead atoms. The van der Waals surface area contributed by atoms with Gasteiger partial charge in [-0.05, 0) is 13.0 Å². The van der Waals surface area contributed by atoms with Crippen LogP contribution in [0.4, 0.5) is 14.6 Å². The van der Waals surface area contributed by atoms with E-state index in [0.29, 0.717) is 45.9 Å². The zero-order chi connectivity index (χ0) is 26.1. The van der Waals surface area contributed by atoms with Crippen molar-refractivity contribution in [2.75, 3.05) is 64.8 Å². The van der Waals surface area contributed by atoms with Gasteiger partial charge in [0.2, 0.25) is 5.91 Å². The third-order valence-corrected chi connectivity index (χ3v) is 7.54. The first-order chi connectivity index (χ1) is 17.9. The summed E-state index contributed by atoms with van der Waals surface area (Å²) < 4.78 is 35.6. The van der Waals surface area contributed by atoms with Crippen LogP contribution < -0.4 is 11.1 Å². The van der Waals surface area contributed by atoms with Gasteiger partial charge in [-0.1, -0.05) is 13.3 Å². The zero-order valence-corrected chi connectivity index (χ0v) is 21.0. The quantitative estimate of drug-likeness (QED) is 0.530. The summed E-state index contributed by atoms with van der Waals surface area (Å²) in [6, 6.07) is -1.08. The minimum Gasteiger partial charge on any atom is -0.381 e. The molecule has 3 aliphatic heterocycles. The maximum Gasteiger partial charge on any atom is 0.259 e. The number of ether oxygens (including phenoxy) is 1. The number of nitrogens with one attached hydrogen (secondary N) is 1. The van der Waals surface area contributed by atoms with Crippen LogP contribution in [0.25, 0.3) is 5.65 Å². The number of anilines is 1. The van der Waals surface area contributed by atoms with Crippen molar-refractivity contribution in [1.82, 2.24) is 34.6 Å². The Morgan fingerprint density at radius 2 is 1.97 bits per heavy atom. The van der Waals surface area contributed by atoms with Crippen LogP contribution in [0.1, 0.15) is 30.1 Å². The topological polar surface area (TPSA) is 121 Å². The normalized spacial score (nSPS) is 25.8. The van der Waals surface area contributed by atoms with Gasteiger partial charge in [0.25, 0.3) is 5.91 Å². The van der Waals surface area contributed by atoms with Crippen molar-refractivity contribution in [1.29, 1.82) is 0 Å². The average molecular weight is 521 g/mol. The zero-order valence-electron chi connectivity index (χ0n) is 21.0. The molecule has 3 unspecified atom stereocenters. The monoisotopic (exact) mass is 520 g/mol. The first-order valence-corrected chi connectivity index (χ1v) is 12.9. The number of piperazine rings is 1. The molecule has 0 saturated carbocycles. The highest BCUT2D eigenvalue weighted by molar-refractivity contribution is 6.04. The summed E-state index contributed by atoms with van der Waals surface area (Å²) in [5.74, 6) is -1.19. The maximum atomic E-state index is 15.8. The summed E-state index contributed by atoms with van der Waals surface area (Å²) in [6.07, 6.45) is 2.82. The van der Waals surface area contributed by atoms with Crippen molar-refractivity contribution >= 4 is 23.3 Å². The van der Waals surface area contributed by atoms with Crippen LogP contribution in [0.5, 0.6) is 0 Å². The number of hydrogen-bond donors (Lipinski definition) is 2. The summed E-state index contributed by atoms with van der Waals surface area (Å²) in [4.78, 5) is 35.9. The number of unbranched alkanes of at least 4 members (excludes halogenated alkanes) is 1. The number of fused-ring (bicyclic) bond motifs is 1. The summed E-state index contributed by atoms with van der Waals surface area (Å²) in [5, 5.41) is 7.01. The second kappa shape index (κ2) is 10.8. The number of nitrogens with two attached hydrogens (primary N) is 1. The van der Waals surface area contributed by atoms with E-state index in [0.717, 1.165) is 36.3 Å². The minimum atomic E-state index is -1.19. The lowest BCUT2D eigenvalue weighted by Gasteiger charge is -2.48. The molecule has 3 N–H and O–H groups in total. The van der Waals surface area contributed by atoms with E-state index in [9.17, 15) is 14.0 Å². The number of rotatable bonds is 7. The SMILES string of the molecule is CCCCN1CC(F)C(N2CCN(C(=O)C3COC3)CC2)C(NC(=O)c2c(N)nn3cc(F)cnc23)C1. The molecule has 13 heteroatoms. The fourth-order valence-corrected chi connectivity index (χ4v) is 5.51. The number of alkyl halides is 1. The first-order valence-electron chi connectivity index (χ1n) is 12.9. The highest BCUT2D eigenvalue weighted by Crippen LogP contribution is 2.25. The van der Waals surface area contributed by atoms with Crippen molar-refractivity contribution in [3.63, 3.8) is 0 Å². The summed E-state index contributed by atoms with van der Waals surface area (Å²) in [7, 11) is 0. The summed E-state index contributed by atoms with van der Waals surface area (Å²) in [6.45, 7) is 6.57. The summed E-state index contributed by atoms with van der Waals surface area (Å²) >= 11 is 0. The van der Waals surface area contributed by atoms with Gasteiger partial charge in [0.05, 0.1) is 43.6 Å². The molecule has 5 rings (SSSR count). The van der Waals surface area contributed by atoms with Crippen LogP contribution in [0.2, 0.25) is 0 Å². The van der Waals surface area contributed by atoms with Gasteiger partial charge in [0, 0.05) is 39.3 Å². The van der Waals surface area contributed by atoms with E-state index in [-0.39, 0.29) is 35.4 Å². The van der Waals surface area contributed by atoms with Crippen molar-refractivity contribution in [2.45, 2.75) is 38.0 Å². The van der Waals surface area contributed by atoms with Crippen molar-refractivity contribution in [2.24, 2.45) is 5.92 Å². The third-order valence-electron chi connectivity index (χ3n) is 7.54. The molecule has 0 aromatic carbocycles. The van der Waals surface area contributed by atoms with Crippen LogP contribution in [0.3, 0.4) is 0 Å². The van der Waals surface area contributed by atoms with E-state index in [1.807, 2.05) is 14.7 Å². The lowest BCUT2D eigenvalue weighted by atomic mass is 9.94. The van der Waals surface area contributed by atoms with E-state index in [2.05, 4.69) is 22.3 Å². The molecule has 11 nitrogen and oxygen atoms in total. The second-order valence-electron chi connectivity index (χ2n) is 10.1. The van der Waals surface area contributed by atoms with E-state index in [4.69, 9.17) is 10.5 Å². The number of halogens is 2. The Balaban J connectivity index is 1.33. The van der Waals surface area contributed by atoms with Crippen molar-refractivity contribution in [3.8, 4) is 0 Å². The molecule has 3 fully saturated rings. The van der Waals surface area contributed by atoms with Crippen LogP contribution in [-0.4, -0.2) is 118 Å². The predicted octanol–water partition coefficient (Wildman–Crippen LogP) is 0.162. The van der Waals surface area contributed by atoms with Crippen molar-refractivity contribution < 1.29 is 23.1 Å². The first kappa shape index (κ1) is 25.7. The molecule has 0 spiro atoms. The Bertz CT molecular complexity index is 1130. The van der Waals surface area contributed by atoms with Gasteiger partial charge in [-0.2, -0.15) is 0 Å². The van der Waals surface area contributed by atoms with Crippen LogP contribution in [0, 0.1) is 11.7 Å². The highest BCUT2D eigenvalue weighted by Gasteiger charge is 2.43. The minimum absolute atomic E-state index is 0.0398. The molecule has 2 amide bonds. The Morgan fingerprint density at radius 1 is 1.22 bits per heavy atom. The molecule has 3 aliphatic rings.